The molecule has 10 nitrogen and oxygen atoms in total. The van der Waals surface area contributed by atoms with Crippen LogP contribution in [0.5, 0.6) is 0 Å². The quantitative estimate of drug-likeness (QED) is 0.425. The number of nitrogens with zero attached hydrogens (tertiary/aromatic N) is 2. The van der Waals surface area contributed by atoms with Crippen molar-refractivity contribution in [2.75, 3.05) is 11.9 Å². The second kappa shape index (κ2) is 11.8. The molecule has 224 valence electrons. The summed E-state index contributed by atoms with van der Waals surface area (Å²) in [5, 5.41) is 8.35. The van der Waals surface area contributed by atoms with Crippen LogP contribution >= 0.6 is 11.3 Å². The van der Waals surface area contributed by atoms with Gasteiger partial charge in [0.2, 0.25) is 21.8 Å². The molecule has 0 radical (unpaired) electrons. The largest absolute Gasteiger partial charge is 0.350 e. The normalized spacial score (nSPS) is 28.6. The van der Waals surface area contributed by atoms with Gasteiger partial charge in [-0.15, -0.1) is 11.3 Å². The lowest BCUT2D eigenvalue weighted by molar-refractivity contribution is -0.140. The Morgan fingerprint density at radius 1 is 1.05 bits per heavy atom. The maximum atomic E-state index is 14.0. The number of anilines is 1. The van der Waals surface area contributed by atoms with Crippen molar-refractivity contribution in [3.8, 4) is 11.3 Å². The van der Waals surface area contributed by atoms with Crippen LogP contribution in [0.15, 0.2) is 47.9 Å². The van der Waals surface area contributed by atoms with Crippen LogP contribution in [0.25, 0.3) is 11.3 Å². The Morgan fingerprint density at radius 3 is 2.64 bits per heavy atom. The molecule has 3 amide bonds. The van der Waals surface area contributed by atoms with E-state index in [1.54, 1.807) is 4.90 Å². The average molecular weight is 612 g/mol. The molecule has 4 atom stereocenters. The van der Waals surface area contributed by atoms with Gasteiger partial charge in [0, 0.05) is 23.4 Å². The molecular weight excluding hydrogens is 574 g/mol. The standard InChI is InChI=1S/C30H37N5O5S2/c36-26-25-14-9-17-35(25)27(37)23(31-29-32-24(19-41-29)20-10-5-4-6-11-20)13-8-3-1-2-7-12-21-18-30(21,33-26)28(38)34-42(39,40)22-15-16-22/h4-7,10-12,19,21-23,25H,1-3,8-9,13-18H2,(H,31,32)(H,33,36)(H,34,38). The molecule has 1 saturated heterocycles. The number of benzene rings is 1. The van der Waals surface area contributed by atoms with E-state index in [2.05, 4.69) is 15.4 Å². The van der Waals surface area contributed by atoms with E-state index in [9.17, 15) is 22.8 Å². The Labute approximate surface area is 250 Å². The summed E-state index contributed by atoms with van der Waals surface area (Å²) in [6.45, 7) is 0.445. The lowest BCUT2D eigenvalue weighted by Crippen LogP contribution is -2.57. The fourth-order valence-electron chi connectivity index (χ4n) is 6.01. The van der Waals surface area contributed by atoms with Crippen LogP contribution in [0.4, 0.5) is 5.13 Å². The smallest absolute Gasteiger partial charge is 0.259 e. The van der Waals surface area contributed by atoms with E-state index in [0.717, 1.165) is 36.9 Å². The minimum absolute atomic E-state index is 0.153. The average Bonchev–Trinajstić information content (AvgIpc) is 3.84. The zero-order chi connectivity index (χ0) is 29.3. The lowest BCUT2D eigenvalue weighted by Gasteiger charge is -2.30. The molecule has 12 heteroatoms. The zero-order valence-electron chi connectivity index (χ0n) is 23.5. The first kappa shape index (κ1) is 28.9. The minimum Gasteiger partial charge on any atom is -0.350 e. The summed E-state index contributed by atoms with van der Waals surface area (Å²) in [6, 6.07) is 8.60. The highest BCUT2D eigenvalue weighted by Gasteiger charge is 2.61. The number of rotatable bonds is 6. The molecule has 4 aliphatic rings. The SMILES string of the molecule is O=C1NC2(C(=O)NS(=O)(=O)C3CC3)CC2C=CCCCCCC(Nc2nc(-c3ccccc3)cs2)C(=O)N2CCCC12. The fourth-order valence-corrected chi connectivity index (χ4v) is 8.14. The number of carbonyl (C=O) groups is 3. The van der Waals surface area contributed by atoms with Crippen molar-refractivity contribution in [2.24, 2.45) is 5.92 Å². The molecule has 1 aromatic carbocycles. The molecule has 2 aliphatic carbocycles. The highest BCUT2D eigenvalue weighted by Crippen LogP contribution is 2.46. The predicted molar refractivity (Wildman–Crippen MR) is 161 cm³/mol. The van der Waals surface area contributed by atoms with Gasteiger partial charge in [-0.3, -0.25) is 19.1 Å². The van der Waals surface area contributed by atoms with Crippen LogP contribution in [0.2, 0.25) is 0 Å². The van der Waals surface area contributed by atoms with Crippen LogP contribution in [-0.2, 0) is 24.4 Å². The van der Waals surface area contributed by atoms with Gasteiger partial charge in [0.25, 0.3) is 5.91 Å². The van der Waals surface area contributed by atoms with Gasteiger partial charge in [0.1, 0.15) is 17.6 Å². The van der Waals surface area contributed by atoms with E-state index < -0.39 is 44.7 Å². The number of sulfonamides is 1. The molecule has 4 unspecified atom stereocenters. The summed E-state index contributed by atoms with van der Waals surface area (Å²) >= 11 is 1.45. The third kappa shape index (κ3) is 6.10. The third-order valence-electron chi connectivity index (χ3n) is 8.70. The van der Waals surface area contributed by atoms with Crippen molar-refractivity contribution in [3.63, 3.8) is 0 Å². The molecule has 1 aromatic heterocycles. The molecule has 2 aliphatic heterocycles. The summed E-state index contributed by atoms with van der Waals surface area (Å²) in [5.41, 5.74) is 0.518. The summed E-state index contributed by atoms with van der Waals surface area (Å²) in [5.74, 6) is -1.54. The van der Waals surface area contributed by atoms with Crippen LogP contribution < -0.4 is 15.4 Å². The maximum absolute atomic E-state index is 14.0. The molecule has 0 bridgehead atoms. The Bertz CT molecular complexity index is 1470. The van der Waals surface area contributed by atoms with Gasteiger partial charge >= 0.3 is 0 Å². The first-order chi connectivity index (χ1) is 20.3. The second-order valence-corrected chi connectivity index (χ2v) is 14.6. The van der Waals surface area contributed by atoms with Crippen LogP contribution in [0.1, 0.15) is 64.2 Å². The Morgan fingerprint density at radius 2 is 1.86 bits per heavy atom. The van der Waals surface area contributed by atoms with Crippen molar-refractivity contribution in [1.82, 2.24) is 19.9 Å². The number of carbonyl (C=O) groups excluding carboxylic acids is 3. The molecule has 3 N–H and O–H groups in total. The topological polar surface area (TPSA) is 138 Å². The van der Waals surface area contributed by atoms with Crippen LogP contribution in [0, 0.1) is 5.92 Å². The number of thiazole rings is 1. The van der Waals surface area contributed by atoms with Gasteiger partial charge < -0.3 is 15.5 Å². The number of aromatic nitrogens is 1. The number of amides is 3. The Hall–Kier alpha value is -3.25. The number of fused-ring (bicyclic) bond motifs is 2. The van der Waals surface area contributed by atoms with Gasteiger partial charge in [-0.25, -0.2) is 13.4 Å². The molecule has 3 heterocycles. The van der Waals surface area contributed by atoms with Crippen molar-refractivity contribution >= 4 is 44.2 Å². The van der Waals surface area contributed by atoms with Crippen LogP contribution in [0.3, 0.4) is 0 Å². The number of hydrogen-bond donors (Lipinski definition) is 3. The van der Waals surface area contributed by atoms with Crippen molar-refractivity contribution in [3.05, 3.63) is 47.9 Å². The minimum atomic E-state index is -3.76. The number of allylic oxidation sites excluding steroid dienone is 1. The first-order valence-corrected chi connectivity index (χ1v) is 17.3. The van der Waals surface area contributed by atoms with Crippen LogP contribution in [-0.4, -0.2) is 65.4 Å². The molecule has 3 fully saturated rings. The summed E-state index contributed by atoms with van der Waals surface area (Å²) in [6.07, 6.45) is 10.6. The third-order valence-corrected chi connectivity index (χ3v) is 11.3. The summed E-state index contributed by atoms with van der Waals surface area (Å²) < 4.78 is 27.3. The van der Waals surface area contributed by atoms with Gasteiger partial charge in [-0.05, 0) is 51.4 Å². The highest BCUT2D eigenvalue weighted by molar-refractivity contribution is 7.91. The van der Waals surface area contributed by atoms with Crippen molar-refractivity contribution in [2.45, 2.75) is 87.1 Å². The molecule has 2 aromatic rings. The van der Waals surface area contributed by atoms with E-state index >= 15 is 0 Å². The zero-order valence-corrected chi connectivity index (χ0v) is 25.1. The maximum Gasteiger partial charge on any atom is 0.259 e. The van der Waals surface area contributed by atoms with E-state index in [0.29, 0.717) is 50.2 Å². The summed E-state index contributed by atoms with van der Waals surface area (Å²) in [4.78, 5) is 47.3. The van der Waals surface area contributed by atoms with Crippen molar-refractivity contribution in [1.29, 1.82) is 0 Å². The summed E-state index contributed by atoms with van der Waals surface area (Å²) in [7, 11) is -3.76. The molecule has 0 spiro atoms. The van der Waals surface area contributed by atoms with Gasteiger partial charge in [0.05, 0.1) is 10.9 Å². The Kier molecular flexibility index (Phi) is 8.10. The van der Waals surface area contributed by atoms with Gasteiger partial charge in [0.15, 0.2) is 5.13 Å². The van der Waals surface area contributed by atoms with E-state index in [-0.39, 0.29) is 11.8 Å². The highest BCUT2D eigenvalue weighted by atomic mass is 32.2. The molecule has 6 rings (SSSR count). The number of nitrogens with one attached hydrogen (secondary N) is 3. The van der Waals surface area contributed by atoms with Gasteiger partial charge in [-0.1, -0.05) is 55.3 Å². The predicted octanol–water partition coefficient (Wildman–Crippen LogP) is 3.59. The van der Waals surface area contributed by atoms with E-state index in [1.807, 2.05) is 47.9 Å². The van der Waals surface area contributed by atoms with Crippen molar-refractivity contribution < 1.29 is 22.8 Å². The molecule has 42 heavy (non-hydrogen) atoms. The second-order valence-electron chi connectivity index (χ2n) is 11.8. The Balaban J connectivity index is 1.21. The fraction of sp³-hybridized carbons (Fsp3) is 0.533. The lowest BCUT2D eigenvalue weighted by atomic mass is 10.1. The molecular formula is C30H37N5O5S2. The van der Waals surface area contributed by atoms with Gasteiger partial charge in [-0.2, -0.15) is 0 Å². The number of hydrogen-bond acceptors (Lipinski definition) is 8. The monoisotopic (exact) mass is 611 g/mol. The van der Waals surface area contributed by atoms with E-state index in [4.69, 9.17) is 4.98 Å². The van der Waals surface area contributed by atoms with E-state index in [1.165, 1.54) is 11.3 Å². The molecule has 2 saturated carbocycles. The first-order valence-electron chi connectivity index (χ1n) is 14.9.